The van der Waals surface area contributed by atoms with Crippen LogP contribution in [0.25, 0.3) is 10.9 Å². The highest BCUT2D eigenvalue weighted by Gasteiger charge is 2.48. The van der Waals surface area contributed by atoms with Gasteiger partial charge in [-0.3, -0.25) is 4.98 Å². The number of pyridine rings is 1. The van der Waals surface area contributed by atoms with Gasteiger partial charge in [-0.05, 0) is 12.1 Å². The van der Waals surface area contributed by atoms with Gasteiger partial charge in [-0.15, -0.1) is 0 Å². The molecule has 0 aliphatic rings. The number of fused-ring (bicyclic) bond motifs is 1. The first-order chi connectivity index (χ1) is 9.93. The molecule has 11 heteroatoms. The zero-order chi connectivity index (χ0) is 16.8. The molecule has 4 nitrogen and oxygen atoms in total. The Balaban J connectivity index is 2.64. The van der Waals surface area contributed by atoms with Gasteiger partial charge >= 0.3 is 21.8 Å². The van der Waals surface area contributed by atoms with Crippen LogP contribution in [0.2, 0.25) is 0 Å². The van der Waals surface area contributed by atoms with E-state index in [0.29, 0.717) is 6.07 Å². The van der Waals surface area contributed by atoms with Crippen LogP contribution in [-0.4, -0.2) is 18.9 Å². The number of aromatic nitrogens is 1. The summed E-state index contributed by atoms with van der Waals surface area (Å²) in [6, 6.07) is 3.27. The summed E-state index contributed by atoms with van der Waals surface area (Å²) >= 11 is 0. The fourth-order valence-corrected chi connectivity index (χ4v) is 2.09. The standard InChI is InChI=1S/C11H5F6NO3S/c12-10(13,14)7-3-1-2-6-8(4-5-18-9(6)7)21-22(19,20)11(15,16)17/h1-5H. The van der Waals surface area contributed by atoms with Gasteiger partial charge in [-0.25, -0.2) is 0 Å². The first-order valence-corrected chi connectivity index (χ1v) is 6.80. The number of hydrogen-bond acceptors (Lipinski definition) is 4. The number of rotatable bonds is 2. The van der Waals surface area contributed by atoms with Gasteiger partial charge in [0, 0.05) is 17.6 Å². The monoisotopic (exact) mass is 345 g/mol. The Morgan fingerprint density at radius 1 is 1.00 bits per heavy atom. The van der Waals surface area contributed by atoms with E-state index in [1.807, 2.05) is 0 Å². The number of nitrogens with zero attached hydrogens (tertiary/aromatic N) is 1. The number of halogens is 6. The Labute approximate surface area is 119 Å². The summed E-state index contributed by atoms with van der Waals surface area (Å²) in [6.07, 6.45) is -4.09. The molecule has 0 N–H and O–H groups in total. The van der Waals surface area contributed by atoms with Crippen molar-refractivity contribution in [3.63, 3.8) is 0 Å². The van der Waals surface area contributed by atoms with E-state index >= 15 is 0 Å². The molecule has 1 aromatic heterocycles. The molecule has 0 radical (unpaired) electrons. The molecule has 0 atom stereocenters. The Hall–Kier alpha value is -2.04. The maximum absolute atomic E-state index is 12.8. The topological polar surface area (TPSA) is 56.3 Å². The average Bonchev–Trinajstić information content (AvgIpc) is 2.35. The maximum Gasteiger partial charge on any atom is 0.534 e. The summed E-state index contributed by atoms with van der Waals surface area (Å²) in [6.45, 7) is 0. The highest BCUT2D eigenvalue weighted by atomic mass is 32.2. The quantitative estimate of drug-likeness (QED) is 0.475. The molecule has 120 valence electrons. The molecule has 0 amide bonds. The fraction of sp³-hybridized carbons (Fsp3) is 0.182. The highest BCUT2D eigenvalue weighted by Crippen LogP contribution is 2.37. The Morgan fingerprint density at radius 2 is 1.64 bits per heavy atom. The molecule has 0 spiro atoms. The molecule has 0 aliphatic heterocycles. The third-order valence-electron chi connectivity index (χ3n) is 2.52. The normalized spacial score (nSPS) is 13.4. The third-order valence-corrected chi connectivity index (χ3v) is 3.49. The van der Waals surface area contributed by atoms with Gasteiger partial charge in [0.1, 0.15) is 0 Å². The zero-order valence-corrected chi connectivity index (χ0v) is 11.1. The van der Waals surface area contributed by atoms with E-state index in [9.17, 15) is 34.8 Å². The minimum atomic E-state index is -6.00. The van der Waals surface area contributed by atoms with Crippen LogP contribution in [0.5, 0.6) is 5.75 Å². The van der Waals surface area contributed by atoms with Crippen molar-refractivity contribution in [2.75, 3.05) is 0 Å². The van der Waals surface area contributed by atoms with Crippen LogP contribution in [0.4, 0.5) is 26.3 Å². The van der Waals surface area contributed by atoms with Gasteiger partial charge in [0.15, 0.2) is 5.75 Å². The molecule has 0 bridgehead atoms. The number of hydrogen-bond donors (Lipinski definition) is 0. The minimum Gasteiger partial charge on any atom is -0.375 e. The summed E-state index contributed by atoms with van der Waals surface area (Å²) in [5, 5.41) is -0.509. The molecule has 2 rings (SSSR count). The molecule has 0 saturated heterocycles. The van der Waals surface area contributed by atoms with Gasteiger partial charge in [0.2, 0.25) is 0 Å². The molecule has 0 fully saturated rings. The lowest BCUT2D eigenvalue weighted by molar-refractivity contribution is -0.136. The second-order valence-electron chi connectivity index (χ2n) is 3.99. The first kappa shape index (κ1) is 16.3. The van der Waals surface area contributed by atoms with Gasteiger partial charge in [0.05, 0.1) is 11.1 Å². The van der Waals surface area contributed by atoms with Crippen LogP contribution < -0.4 is 4.18 Å². The van der Waals surface area contributed by atoms with Crippen molar-refractivity contribution in [1.29, 1.82) is 0 Å². The highest BCUT2D eigenvalue weighted by molar-refractivity contribution is 7.88. The van der Waals surface area contributed by atoms with Crippen LogP contribution >= 0.6 is 0 Å². The van der Waals surface area contributed by atoms with Gasteiger partial charge in [-0.2, -0.15) is 34.8 Å². The first-order valence-electron chi connectivity index (χ1n) is 5.39. The van der Waals surface area contributed by atoms with Gasteiger partial charge in [0.25, 0.3) is 0 Å². The average molecular weight is 345 g/mol. The Morgan fingerprint density at radius 3 is 2.18 bits per heavy atom. The second-order valence-corrected chi connectivity index (χ2v) is 5.53. The van der Waals surface area contributed by atoms with E-state index in [0.717, 1.165) is 24.4 Å². The van der Waals surface area contributed by atoms with Crippen LogP contribution in [0.1, 0.15) is 5.56 Å². The van der Waals surface area contributed by atoms with Crippen molar-refractivity contribution in [2.24, 2.45) is 0 Å². The summed E-state index contributed by atoms with van der Waals surface area (Å²) < 4.78 is 101. The number of benzene rings is 1. The Bertz CT molecular complexity index is 813. The summed E-state index contributed by atoms with van der Waals surface area (Å²) in [4.78, 5) is 3.42. The SMILES string of the molecule is O=S(=O)(Oc1ccnc2c(C(F)(F)F)cccc12)C(F)(F)F. The number of para-hydroxylation sites is 1. The lowest BCUT2D eigenvalue weighted by atomic mass is 10.1. The zero-order valence-electron chi connectivity index (χ0n) is 10.2. The lowest BCUT2D eigenvalue weighted by Crippen LogP contribution is -2.28. The van der Waals surface area contributed by atoms with Crippen LogP contribution in [0.15, 0.2) is 30.5 Å². The van der Waals surface area contributed by atoms with E-state index in [1.165, 1.54) is 0 Å². The molecule has 22 heavy (non-hydrogen) atoms. The molecule has 2 aromatic rings. The van der Waals surface area contributed by atoms with Crippen LogP contribution in [-0.2, 0) is 16.3 Å². The molecule has 0 aliphatic carbocycles. The molecular weight excluding hydrogens is 340 g/mol. The molecule has 0 saturated carbocycles. The van der Waals surface area contributed by atoms with E-state index in [2.05, 4.69) is 9.17 Å². The van der Waals surface area contributed by atoms with E-state index in [-0.39, 0.29) is 0 Å². The lowest BCUT2D eigenvalue weighted by Gasteiger charge is -2.13. The van der Waals surface area contributed by atoms with E-state index in [1.54, 1.807) is 0 Å². The van der Waals surface area contributed by atoms with Crippen molar-refractivity contribution >= 4 is 21.0 Å². The second kappa shape index (κ2) is 5.00. The maximum atomic E-state index is 12.8. The Kier molecular flexibility index (Phi) is 3.71. The van der Waals surface area contributed by atoms with Crippen molar-refractivity contribution in [3.8, 4) is 5.75 Å². The van der Waals surface area contributed by atoms with Gasteiger partial charge < -0.3 is 4.18 Å². The van der Waals surface area contributed by atoms with E-state index in [4.69, 9.17) is 0 Å². The van der Waals surface area contributed by atoms with Crippen molar-refractivity contribution in [3.05, 3.63) is 36.0 Å². The molecule has 1 aromatic carbocycles. The predicted octanol–water partition coefficient (Wildman–Crippen LogP) is 3.48. The predicted molar refractivity (Wildman–Crippen MR) is 62.3 cm³/mol. The largest absolute Gasteiger partial charge is 0.534 e. The summed E-state index contributed by atoms with van der Waals surface area (Å²) in [5.74, 6) is -0.895. The van der Waals surface area contributed by atoms with E-state index < -0.39 is 44.0 Å². The van der Waals surface area contributed by atoms with Crippen molar-refractivity contribution in [2.45, 2.75) is 11.7 Å². The minimum absolute atomic E-state index is 0.509. The smallest absolute Gasteiger partial charge is 0.375 e. The van der Waals surface area contributed by atoms with Crippen molar-refractivity contribution < 1.29 is 38.9 Å². The number of alkyl halides is 6. The van der Waals surface area contributed by atoms with Gasteiger partial charge in [-0.1, -0.05) is 6.07 Å². The van der Waals surface area contributed by atoms with Crippen molar-refractivity contribution in [1.82, 2.24) is 4.98 Å². The summed E-state index contributed by atoms with van der Waals surface area (Å²) in [5.41, 5.74) is -7.64. The van der Waals surface area contributed by atoms with Crippen LogP contribution in [0.3, 0.4) is 0 Å². The van der Waals surface area contributed by atoms with Crippen LogP contribution in [0, 0.1) is 0 Å². The molecular formula is C11H5F6NO3S. The fourth-order valence-electron chi connectivity index (χ4n) is 1.62. The third kappa shape index (κ3) is 2.93. The summed E-state index contributed by atoms with van der Waals surface area (Å²) in [7, 11) is -6.00. The molecule has 0 unspecified atom stereocenters. The molecule has 1 heterocycles.